The summed E-state index contributed by atoms with van der Waals surface area (Å²) in [5.74, 6) is 0.135. The summed E-state index contributed by atoms with van der Waals surface area (Å²) in [6.07, 6.45) is 5.95. The highest BCUT2D eigenvalue weighted by atomic mass is 79.9. The lowest BCUT2D eigenvalue weighted by atomic mass is 9.78. The molecule has 2 fully saturated rings. The second-order valence-corrected chi connectivity index (χ2v) is 7.31. The fourth-order valence-electron chi connectivity index (χ4n) is 3.60. The van der Waals surface area contributed by atoms with Crippen LogP contribution in [0.5, 0.6) is 0 Å². The van der Waals surface area contributed by atoms with E-state index in [0.29, 0.717) is 5.02 Å². The standard InChI is InChI=1S/C16H20BrClN2O/c17-13-10-12(4-5-14(13)18)15(21)20-9-8-19-11-16(20)6-2-1-3-7-16/h4-5,10,19H,1-3,6-9,11H2. The van der Waals surface area contributed by atoms with Gasteiger partial charge in [-0.3, -0.25) is 4.79 Å². The molecule has 1 N–H and O–H groups in total. The van der Waals surface area contributed by atoms with Crippen LogP contribution in [0.2, 0.25) is 5.02 Å². The first-order valence-corrected chi connectivity index (χ1v) is 8.77. The van der Waals surface area contributed by atoms with Crippen LogP contribution in [0.25, 0.3) is 0 Å². The molecule has 1 aromatic rings. The maximum Gasteiger partial charge on any atom is 0.254 e. The number of nitrogens with zero attached hydrogens (tertiary/aromatic N) is 1. The largest absolute Gasteiger partial charge is 0.330 e. The Morgan fingerprint density at radius 2 is 2.05 bits per heavy atom. The van der Waals surface area contributed by atoms with Gasteiger partial charge >= 0.3 is 0 Å². The lowest BCUT2D eigenvalue weighted by Crippen LogP contribution is -2.63. The molecule has 1 saturated carbocycles. The summed E-state index contributed by atoms with van der Waals surface area (Å²) in [6.45, 7) is 2.59. The van der Waals surface area contributed by atoms with Gasteiger partial charge in [-0.15, -0.1) is 0 Å². The Kier molecular flexibility index (Phi) is 4.57. The maximum absolute atomic E-state index is 13.0. The Morgan fingerprint density at radius 1 is 1.29 bits per heavy atom. The first-order valence-electron chi connectivity index (χ1n) is 7.60. The zero-order valence-corrected chi connectivity index (χ0v) is 14.3. The van der Waals surface area contributed by atoms with Crippen LogP contribution in [0.15, 0.2) is 22.7 Å². The van der Waals surface area contributed by atoms with Crippen LogP contribution in [0.3, 0.4) is 0 Å². The summed E-state index contributed by atoms with van der Waals surface area (Å²) in [4.78, 5) is 15.1. The van der Waals surface area contributed by atoms with Crippen molar-refractivity contribution in [2.45, 2.75) is 37.6 Å². The van der Waals surface area contributed by atoms with Crippen molar-refractivity contribution in [2.75, 3.05) is 19.6 Å². The van der Waals surface area contributed by atoms with Crippen molar-refractivity contribution in [3.63, 3.8) is 0 Å². The van der Waals surface area contributed by atoms with E-state index in [9.17, 15) is 4.79 Å². The Morgan fingerprint density at radius 3 is 2.76 bits per heavy atom. The molecule has 1 saturated heterocycles. The van der Waals surface area contributed by atoms with E-state index in [1.165, 1.54) is 19.3 Å². The SMILES string of the molecule is O=C(c1ccc(Cl)c(Br)c1)N1CCNCC12CCCCC2. The van der Waals surface area contributed by atoms with Gasteiger partial charge < -0.3 is 10.2 Å². The molecule has 5 heteroatoms. The van der Waals surface area contributed by atoms with Gasteiger partial charge in [0.1, 0.15) is 0 Å². The van der Waals surface area contributed by atoms with E-state index in [1.807, 2.05) is 12.1 Å². The Labute approximate surface area is 139 Å². The lowest BCUT2D eigenvalue weighted by Gasteiger charge is -2.49. The Bertz CT molecular complexity index is 535. The first-order chi connectivity index (χ1) is 10.1. The van der Waals surface area contributed by atoms with Crippen molar-refractivity contribution in [3.05, 3.63) is 33.3 Å². The number of halogens is 2. The summed E-state index contributed by atoms with van der Waals surface area (Å²) in [5.41, 5.74) is 0.734. The third kappa shape index (κ3) is 2.99. The molecule has 0 aromatic heterocycles. The third-order valence-corrected chi connectivity index (χ3v) is 5.95. The van der Waals surface area contributed by atoms with Gasteiger partial charge in [0.25, 0.3) is 5.91 Å². The summed E-state index contributed by atoms with van der Waals surface area (Å²) in [6, 6.07) is 5.45. The van der Waals surface area contributed by atoms with Gasteiger partial charge in [-0.2, -0.15) is 0 Å². The second kappa shape index (κ2) is 6.27. The fourth-order valence-corrected chi connectivity index (χ4v) is 4.10. The molecule has 114 valence electrons. The normalized spacial score (nSPS) is 21.5. The van der Waals surface area contributed by atoms with Gasteiger partial charge in [-0.1, -0.05) is 30.9 Å². The minimum atomic E-state index is 0.0136. The van der Waals surface area contributed by atoms with Crippen molar-refractivity contribution in [1.29, 1.82) is 0 Å². The van der Waals surface area contributed by atoms with Crippen LogP contribution in [-0.2, 0) is 0 Å². The van der Waals surface area contributed by atoms with E-state index in [-0.39, 0.29) is 11.4 Å². The Balaban J connectivity index is 1.88. The maximum atomic E-state index is 13.0. The van der Waals surface area contributed by atoms with E-state index in [4.69, 9.17) is 11.6 Å². The molecule has 3 rings (SSSR count). The summed E-state index contributed by atoms with van der Waals surface area (Å²) in [5, 5.41) is 4.12. The predicted octanol–water partition coefficient (Wildman–Crippen LogP) is 3.85. The number of piperazine rings is 1. The molecular formula is C16H20BrClN2O. The molecule has 0 unspecified atom stereocenters. The molecule has 0 bridgehead atoms. The predicted molar refractivity (Wildman–Crippen MR) is 88.9 cm³/mol. The first kappa shape index (κ1) is 15.3. The van der Waals surface area contributed by atoms with Crippen LogP contribution >= 0.6 is 27.5 Å². The number of carbonyl (C=O) groups is 1. The molecule has 2 aliphatic rings. The van der Waals surface area contributed by atoms with E-state index in [2.05, 4.69) is 26.1 Å². The lowest BCUT2D eigenvalue weighted by molar-refractivity contribution is 0.0222. The number of hydrogen-bond acceptors (Lipinski definition) is 2. The molecular weight excluding hydrogens is 352 g/mol. The van der Waals surface area contributed by atoms with E-state index in [0.717, 1.165) is 42.5 Å². The average Bonchev–Trinajstić information content (AvgIpc) is 2.51. The molecule has 1 aliphatic heterocycles. The minimum Gasteiger partial charge on any atom is -0.330 e. The molecule has 1 spiro atoms. The van der Waals surface area contributed by atoms with E-state index < -0.39 is 0 Å². The zero-order chi connectivity index (χ0) is 14.9. The van der Waals surface area contributed by atoms with Crippen LogP contribution in [0.4, 0.5) is 0 Å². The number of hydrogen-bond donors (Lipinski definition) is 1. The highest BCUT2D eigenvalue weighted by molar-refractivity contribution is 9.10. The van der Waals surface area contributed by atoms with Crippen molar-refractivity contribution < 1.29 is 4.79 Å². The molecule has 1 aliphatic carbocycles. The van der Waals surface area contributed by atoms with Gasteiger partial charge in [0.05, 0.1) is 10.6 Å². The zero-order valence-electron chi connectivity index (χ0n) is 12.0. The molecule has 21 heavy (non-hydrogen) atoms. The number of benzene rings is 1. The highest BCUT2D eigenvalue weighted by Gasteiger charge is 2.42. The number of rotatable bonds is 1. The van der Waals surface area contributed by atoms with Crippen LogP contribution in [-0.4, -0.2) is 36.0 Å². The van der Waals surface area contributed by atoms with Crippen molar-refractivity contribution in [3.8, 4) is 0 Å². The Hall–Kier alpha value is -0.580. The van der Waals surface area contributed by atoms with Gasteiger partial charge in [0.15, 0.2) is 0 Å². The third-order valence-electron chi connectivity index (χ3n) is 4.73. The van der Waals surface area contributed by atoms with Crippen LogP contribution in [0.1, 0.15) is 42.5 Å². The summed E-state index contributed by atoms with van der Waals surface area (Å²) >= 11 is 9.44. The van der Waals surface area contributed by atoms with Crippen molar-refractivity contribution in [1.82, 2.24) is 10.2 Å². The van der Waals surface area contributed by atoms with E-state index in [1.54, 1.807) is 6.07 Å². The molecule has 1 amide bonds. The topological polar surface area (TPSA) is 32.3 Å². The van der Waals surface area contributed by atoms with E-state index >= 15 is 0 Å². The number of amides is 1. The molecule has 1 heterocycles. The van der Waals surface area contributed by atoms with Crippen molar-refractivity contribution in [2.24, 2.45) is 0 Å². The molecule has 3 nitrogen and oxygen atoms in total. The monoisotopic (exact) mass is 370 g/mol. The average molecular weight is 372 g/mol. The number of nitrogens with one attached hydrogen (secondary N) is 1. The van der Waals surface area contributed by atoms with Crippen LogP contribution < -0.4 is 5.32 Å². The smallest absolute Gasteiger partial charge is 0.254 e. The molecule has 0 radical (unpaired) electrons. The highest BCUT2D eigenvalue weighted by Crippen LogP contribution is 2.36. The second-order valence-electron chi connectivity index (χ2n) is 6.05. The summed E-state index contributed by atoms with van der Waals surface area (Å²) in [7, 11) is 0. The quantitative estimate of drug-likeness (QED) is 0.813. The van der Waals surface area contributed by atoms with Crippen LogP contribution in [0, 0.1) is 0 Å². The van der Waals surface area contributed by atoms with Gasteiger partial charge in [-0.25, -0.2) is 0 Å². The fraction of sp³-hybridized carbons (Fsp3) is 0.562. The molecule has 0 atom stereocenters. The summed E-state index contributed by atoms with van der Waals surface area (Å²) < 4.78 is 0.780. The minimum absolute atomic E-state index is 0.0136. The van der Waals surface area contributed by atoms with Crippen molar-refractivity contribution >= 4 is 33.4 Å². The van der Waals surface area contributed by atoms with Gasteiger partial charge in [-0.05, 0) is 47.0 Å². The number of carbonyl (C=O) groups excluding carboxylic acids is 1. The van der Waals surface area contributed by atoms with Gasteiger partial charge in [0.2, 0.25) is 0 Å². The molecule has 1 aromatic carbocycles. The van der Waals surface area contributed by atoms with Gasteiger partial charge in [0, 0.05) is 29.7 Å².